The number of amides is 2. The van der Waals surface area contributed by atoms with Crippen LogP contribution < -0.4 is 10.6 Å². The summed E-state index contributed by atoms with van der Waals surface area (Å²) in [5.41, 5.74) is 5.64. The fourth-order valence-electron chi connectivity index (χ4n) is 7.75. The lowest BCUT2D eigenvalue weighted by Gasteiger charge is -2.44. The predicted molar refractivity (Wildman–Crippen MR) is 187 cm³/mol. The first kappa shape index (κ1) is 34.6. The van der Waals surface area contributed by atoms with Gasteiger partial charge < -0.3 is 20.4 Å². The quantitative estimate of drug-likeness (QED) is 0.493. The molecule has 0 bridgehead atoms. The van der Waals surface area contributed by atoms with E-state index in [1.54, 1.807) is 6.92 Å². The van der Waals surface area contributed by atoms with E-state index in [9.17, 15) is 9.59 Å². The van der Waals surface area contributed by atoms with Crippen LogP contribution in [0, 0.1) is 0 Å². The van der Waals surface area contributed by atoms with Gasteiger partial charge in [0.15, 0.2) is 0 Å². The van der Waals surface area contributed by atoms with E-state index in [0.717, 1.165) is 71.4 Å². The van der Waals surface area contributed by atoms with Gasteiger partial charge in [0, 0.05) is 65.3 Å². The summed E-state index contributed by atoms with van der Waals surface area (Å²) in [7, 11) is 1.89. The standard InChI is InChI=1S/C20H31N3O.C18H27N3O/c1-15-12-22(17(3)24)13-16(2)23(15)14-18-4-6-19(7-5-18)20-8-10-21-11-9-20;1-14-18(22)20(2)11-12-21(14)13-15-3-5-16(6-4-15)17-7-9-19-10-8-17/h4-7,15-16,20-21H,8-14H2,1-3H3;3-6,14,17,19H,7-13H2,1-2H3. The number of piperazine rings is 2. The first-order valence-corrected chi connectivity index (χ1v) is 17.8. The number of nitrogens with one attached hydrogen (secondary N) is 2. The number of rotatable bonds is 6. The second-order valence-corrected chi connectivity index (χ2v) is 14.2. The van der Waals surface area contributed by atoms with Gasteiger partial charge in [-0.15, -0.1) is 0 Å². The summed E-state index contributed by atoms with van der Waals surface area (Å²) in [4.78, 5) is 32.3. The molecule has 4 fully saturated rings. The number of hydrogen-bond acceptors (Lipinski definition) is 6. The maximum absolute atomic E-state index is 12.1. The summed E-state index contributed by atoms with van der Waals surface area (Å²) in [6, 6.07) is 19.1. The maximum atomic E-state index is 12.1. The molecule has 8 nitrogen and oxygen atoms in total. The van der Waals surface area contributed by atoms with Crippen molar-refractivity contribution in [3.8, 4) is 0 Å². The van der Waals surface area contributed by atoms with Gasteiger partial charge in [-0.1, -0.05) is 48.5 Å². The molecule has 6 rings (SSSR count). The average Bonchev–Trinajstić information content (AvgIpc) is 3.08. The highest BCUT2D eigenvalue weighted by atomic mass is 16.2. The van der Waals surface area contributed by atoms with Crippen molar-refractivity contribution in [1.82, 2.24) is 30.2 Å². The van der Waals surface area contributed by atoms with E-state index in [0.29, 0.717) is 18.0 Å². The van der Waals surface area contributed by atoms with Crippen molar-refractivity contribution in [2.24, 2.45) is 0 Å². The van der Waals surface area contributed by atoms with Gasteiger partial charge in [-0.25, -0.2) is 0 Å². The van der Waals surface area contributed by atoms with E-state index in [1.165, 1.54) is 47.9 Å². The zero-order valence-corrected chi connectivity index (χ0v) is 29.0. The van der Waals surface area contributed by atoms with Crippen LogP contribution >= 0.6 is 0 Å². The van der Waals surface area contributed by atoms with E-state index in [1.807, 2.05) is 23.8 Å². The highest BCUT2D eigenvalue weighted by molar-refractivity contribution is 5.82. The highest BCUT2D eigenvalue weighted by Gasteiger charge is 2.31. The van der Waals surface area contributed by atoms with Crippen molar-refractivity contribution >= 4 is 11.8 Å². The van der Waals surface area contributed by atoms with E-state index >= 15 is 0 Å². The van der Waals surface area contributed by atoms with Crippen molar-refractivity contribution in [1.29, 1.82) is 0 Å². The molecule has 0 aromatic heterocycles. The molecule has 3 unspecified atom stereocenters. The monoisotopic (exact) mass is 630 g/mol. The Labute approximate surface area is 277 Å². The number of carbonyl (C=O) groups is 2. The van der Waals surface area contributed by atoms with Crippen LogP contribution in [-0.4, -0.2) is 109 Å². The number of nitrogens with zero attached hydrogens (tertiary/aromatic N) is 4. The first-order chi connectivity index (χ1) is 22.2. The van der Waals surface area contributed by atoms with Gasteiger partial charge >= 0.3 is 0 Å². The molecule has 4 heterocycles. The van der Waals surface area contributed by atoms with Crippen molar-refractivity contribution in [3.63, 3.8) is 0 Å². The molecule has 46 heavy (non-hydrogen) atoms. The predicted octanol–water partition coefficient (Wildman–Crippen LogP) is 4.41. The lowest BCUT2D eigenvalue weighted by Crippen LogP contribution is -2.57. The Morgan fingerprint density at radius 1 is 0.717 bits per heavy atom. The molecule has 4 aliphatic rings. The minimum absolute atomic E-state index is 0.0113. The summed E-state index contributed by atoms with van der Waals surface area (Å²) < 4.78 is 0. The lowest BCUT2D eigenvalue weighted by atomic mass is 9.90. The van der Waals surface area contributed by atoms with Crippen LogP contribution in [0.25, 0.3) is 0 Å². The summed E-state index contributed by atoms with van der Waals surface area (Å²) in [6.07, 6.45) is 4.98. The van der Waals surface area contributed by atoms with Gasteiger partial charge in [0.05, 0.1) is 6.04 Å². The fraction of sp³-hybridized carbons (Fsp3) is 0.632. The molecule has 0 spiro atoms. The molecule has 0 radical (unpaired) electrons. The normalized spacial score (nSPS) is 25.7. The molecule has 2 aromatic rings. The number of hydrogen-bond donors (Lipinski definition) is 2. The van der Waals surface area contributed by atoms with Gasteiger partial charge in [0.2, 0.25) is 11.8 Å². The van der Waals surface area contributed by atoms with Crippen LogP contribution in [0.2, 0.25) is 0 Å². The second-order valence-electron chi connectivity index (χ2n) is 14.2. The third-order valence-electron chi connectivity index (χ3n) is 10.9. The van der Waals surface area contributed by atoms with E-state index in [4.69, 9.17) is 0 Å². The summed E-state index contributed by atoms with van der Waals surface area (Å²) in [5, 5.41) is 6.86. The Kier molecular flexibility index (Phi) is 12.3. The van der Waals surface area contributed by atoms with Gasteiger partial charge in [-0.2, -0.15) is 0 Å². The van der Waals surface area contributed by atoms with E-state index < -0.39 is 0 Å². The lowest BCUT2D eigenvalue weighted by molar-refractivity contribution is -0.139. The zero-order chi connectivity index (χ0) is 32.6. The van der Waals surface area contributed by atoms with Crippen LogP contribution in [0.15, 0.2) is 48.5 Å². The SMILES string of the molecule is CC(=O)N1CC(C)N(Cc2ccc(C3CCNCC3)cc2)C(C)C1.CC1C(=O)N(C)CCN1Cc1ccc(C2CCNCC2)cc1. The van der Waals surface area contributed by atoms with Crippen LogP contribution in [0.1, 0.15) is 87.5 Å². The number of piperidine rings is 2. The molecule has 2 amide bonds. The van der Waals surface area contributed by atoms with Crippen LogP contribution in [0.5, 0.6) is 0 Å². The van der Waals surface area contributed by atoms with Crippen molar-refractivity contribution in [2.45, 2.75) is 96.4 Å². The Morgan fingerprint density at radius 3 is 1.63 bits per heavy atom. The molecule has 4 aliphatic heterocycles. The molecule has 0 aliphatic carbocycles. The second kappa shape index (κ2) is 16.4. The number of benzene rings is 2. The third-order valence-corrected chi connectivity index (χ3v) is 10.9. The Hall–Kier alpha value is -2.78. The molecule has 2 N–H and O–H groups in total. The number of carbonyl (C=O) groups excluding carboxylic acids is 2. The maximum Gasteiger partial charge on any atom is 0.239 e. The Balaban J connectivity index is 0.000000182. The van der Waals surface area contributed by atoms with Crippen molar-refractivity contribution in [3.05, 3.63) is 70.8 Å². The Bertz CT molecular complexity index is 1240. The average molecular weight is 631 g/mol. The van der Waals surface area contributed by atoms with Crippen LogP contribution in [-0.2, 0) is 22.7 Å². The molecule has 0 saturated carbocycles. The smallest absolute Gasteiger partial charge is 0.239 e. The summed E-state index contributed by atoms with van der Waals surface area (Å²) >= 11 is 0. The Morgan fingerprint density at radius 2 is 1.17 bits per heavy atom. The fourth-order valence-corrected chi connectivity index (χ4v) is 7.75. The topological polar surface area (TPSA) is 71.2 Å². The number of likely N-dealkylation sites (N-methyl/N-ethyl adjacent to an activating group) is 1. The van der Waals surface area contributed by atoms with Crippen LogP contribution in [0.3, 0.4) is 0 Å². The van der Waals surface area contributed by atoms with Crippen LogP contribution in [0.4, 0.5) is 0 Å². The van der Waals surface area contributed by atoms with Crippen molar-refractivity contribution < 1.29 is 9.59 Å². The van der Waals surface area contributed by atoms with E-state index in [-0.39, 0.29) is 17.9 Å². The van der Waals surface area contributed by atoms with E-state index in [2.05, 4.69) is 82.8 Å². The molecule has 4 saturated heterocycles. The molecule has 8 heteroatoms. The molecular weight excluding hydrogens is 572 g/mol. The molecule has 3 atom stereocenters. The van der Waals surface area contributed by atoms with Gasteiger partial charge in [0.1, 0.15) is 0 Å². The minimum Gasteiger partial charge on any atom is -0.343 e. The highest BCUT2D eigenvalue weighted by Crippen LogP contribution is 2.27. The van der Waals surface area contributed by atoms with Gasteiger partial charge in [0.25, 0.3) is 0 Å². The first-order valence-electron chi connectivity index (χ1n) is 17.8. The third kappa shape index (κ3) is 8.97. The van der Waals surface area contributed by atoms with Crippen molar-refractivity contribution in [2.75, 3.05) is 59.4 Å². The van der Waals surface area contributed by atoms with Gasteiger partial charge in [-0.3, -0.25) is 19.4 Å². The molecule has 2 aromatic carbocycles. The minimum atomic E-state index is -0.0113. The summed E-state index contributed by atoms with van der Waals surface area (Å²) in [5.74, 6) is 1.86. The molecular formula is C38H58N6O2. The largest absolute Gasteiger partial charge is 0.343 e. The van der Waals surface area contributed by atoms with Gasteiger partial charge in [-0.05, 0) is 107 Å². The zero-order valence-electron chi connectivity index (χ0n) is 29.0. The summed E-state index contributed by atoms with van der Waals surface area (Å²) in [6.45, 7) is 18.0. The molecule has 252 valence electrons.